The lowest BCUT2D eigenvalue weighted by Crippen LogP contribution is -2.53. The first kappa shape index (κ1) is 17.7. The van der Waals surface area contributed by atoms with Gasteiger partial charge in [-0.2, -0.15) is 5.26 Å². The number of piperazine rings is 1. The second-order valence-corrected chi connectivity index (χ2v) is 8.69. The lowest BCUT2D eigenvalue weighted by atomic mass is 9.98. The topological polar surface area (TPSA) is 59.4 Å². The average Bonchev–Trinajstić information content (AvgIpc) is 3.33. The summed E-state index contributed by atoms with van der Waals surface area (Å²) in [6, 6.07) is 6.29. The van der Waals surface area contributed by atoms with Crippen molar-refractivity contribution in [3.63, 3.8) is 0 Å². The van der Waals surface area contributed by atoms with E-state index in [2.05, 4.69) is 27.3 Å². The van der Waals surface area contributed by atoms with E-state index in [1.54, 1.807) is 11.3 Å². The van der Waals surface area contributed by atoms with Gasteiger partial charge in [0.2, 0.25) is 5.91 Å². The van der Waals surface area contributed by atoms with Crippen LogP contribution in [0.2, 0.25) is 4.34 Å². The van der Waals surface area contributed by atoms with E-state index < -0.39 is 5.54 Å². The molecule has 1 aliphatic heterocycles. The number of halogens is 1. The first-order valence-corrected chi connectivity index (χ1v) is 9.59. The van der Waals surface area contributed by atoms with E-state index in [1.807, 2.05) is 13.0 Å². The molecule has 3 rings (SSSR count). The maximum atomic E-state index is 12.3. The summed E-state index contributed by atoms with van der Waals surface area (Å²) >= 11 is 7.60. The Balaban J connectivity index is 1.42. The molecule has 0 aromatic carbocycles. The molecule has 24 heavy (non-hydrogen) atoms. The Morgan fingerprint density at radius 3 is 2.58 bits per heavy atom. The van der Waals surface area contributed by atoms with E-state index in [0.29, 0.717) is 12.5 Å². The Morgan fingerprint density at radius 1 is 1.38 bits per heavy atom. The fraction of sp³-hybridized carbons (Fsp3) is 0.647. The second kappa shape index (κ2) is 7.40. The van der Waals surface area contributed by atoms with Gasteiger partial charge in [0.1, 0.15) is 5.54 Å². The minimum atomic E-state index is -0.697. The van der Waals surface area contributed by atoms with E-state index in [0.717, 1.165) is 49.9 Å². The van der Waals surface area contributed by atoms with Crippen LogP contribution in [0.5, 0.6) is 0 Å². The van der Waals surface area contributed by atoms with Crippen molar-refractivity contribution in [2.75, 3.05) is 32.7 Å². The molecule has 0 bridgehead atoms. The number of nitriles is 1. The fourth-order valence-electron chi connectivity index (χ4n) is 3.18. The fourth-order valence-corrected chi connectivity index (χ4v) is 4.31. The largest absolute Gasteiger partial charge is 0.337 e. The Hall–Kier alpha value is -1.13. The first-order valence-electron chi connectivity index (χ1n) is 8.40. The van der Waals surface area contributed by atoms with Crippen LogP contribution in [0.15, 0.2) is 12.1 Å². The zero-order chi connectivity index (χ0) is 17.2. The summed E-state index contributed by atoms with van der Waals surface area (Å²) in [6.45, 7) is 6.78. The lowest BCUT2D eigenvalue weighted by Gasteiger charge is -2.34. The number of amides is 1. The monoisotopic (exact) mass is 366 g/mol. The Labute approximate surface area is 152 Å². The van der Waals surface area contributed by atoms with Crippen molar-refractivity contribution < 1.29 is 4.79 Å². The Kier molecular flexibility index (Phi) is 5.46. The maximum Gasteiger partial charge on any atom is 0.235 e. The normalized spacial score (nSPS) is 21.9. The van der Waals surface area contributed by atoms with Crippen LogP contribution >= 0.6 is 22.9 Å². The lowest BCUT2D eigenvalue weighted by molar-refractivity contribution is -0.124. The van der Waals surface area contributed by atoms with Crippen LogP contribution in [0.3, 0.4) is 0 Å². The molecule has 0 radical (unpaired) electrons. The van der Waals surface area contributed by atoms with Gasteiger partial charge in [0.15, 0.2) is 0 Å². The SMILES string of the molecule is CC(C#N)(NC(=O)CN1CCN(Cc2ccc(Cl)s2)CC1)C1CC1. The molecule has 1 amide bonds. The van der Waals surface area contributed by atoms with Crippen LogP contribution in [0.25, 0.3) is 0 Å². The molecule has 1 saturated heterocycles. The molecule has 1 aliphatic carbocycles. The van der Waals surface area contributed by atoms with Crippen molar-refractivity contribution in [2.24, 2.45) is 5.92 Å². The number of nitrogens with one attached hydrogen (secondary N) is 1. The van der Waals surface area contributed by atoms with Gasteiger partial charge in [-0.15, -0.1) is 11.3 Å². The molecule has 2 aliphatic rings. The third-order valence-electron chi connectivity index (χ3n) is 4.87. The van der Waals surface area contributed by atoms with Gasteiger partial charge in [-0.3, -0.25) is 14.6 Å². The van der Waals surface area contributed by atoms with Crippen molar-refractivity contribution in [2.45, 2.75) is 31.8 Å². The van der Waals surface area contributed by atoms with Crippen LogP contribution in [-0.2, 0) is 11.3 Å². The molecule has 1 atom stereocenters. The zero-order valence-electron chi connectivity index (χ0n) is 13.9. The highest BCUT2D eigenvalue weighted by Crippen LogP contribution is 2.39. The molecule has 0 spiro atoms. The molecule has 1 aromatic heterocycles. The van der Waals surface area contributed by atoms with Gasteiger partial charge in [0.25, 0.3) is 0 Å². The average molecular weight is 367 g/mol. The highest BCUT2D eigenvalue weighted by molar-refractivity contribution is 7.16. The molecule has 5 nitrogen and oxygen atoms in total. The summed E-state index contributed by atoms with van der Waals surface area (Å²) in [5.74, 6) is 0.283. The van der Waals surface area contributed by atoms with E-state index in [4.69, 9.17) is 11.6 Å². The Bertz CT molecular complexity index is 631. The summed E-state index contributed by atoms with van der Waals surface area (Å²) in [7, 11) is 0. The van der Waals surface area contributed by atoms with Crippen molar-refractivity contribution in [1.29, 1.82) is 5.26 Å². The van der Waals surface area contributed by atoms with Crippen LogP contribution in [0, 0.1) is 17.2 Å². The number of carbonyl (C=O) groups is 1. The molecular weight excluding hydrogens is 344 g/mol. The van der Waals surface area contributed by atoms with Crippen LogP contribution < -0.4 is 5.32 Å². The first-order chi connectivity index (χ1) is 11.5. The Morgan fingerprint density at radius 2 is 2.04 bits per heavy atom. The molecule has 1 saturated carbocycles. The van der Waals surface area contributed by atoms with Gasteiger partial charge in [-0.1, -0.05) is 11.6 Å². The quantitative estimate of drug-likeness (QED) is 0.839. The number of hydrogen-bond donors (Lipinski definition) is 1. The van der Waals surface area contributed by atoms with Crippen molar-refractivity contribution in [3.05, 3.63) is 21.3 Å². The van der Waals surface area contributed by atoms with Gasteiger partial charge in [0, 0.05) is 37.6 Å². The molecule has 2 heterocycles. The second-order valence-electron chi connectivity index (χ2n) is 6.89. The van der Waals surface area contributed by atoms with E-state index in [9.17, 15) is 10.1 Å². The third kappa shape index (κ3) is 4.48. The summed E-state index contributed by atoms with van der Waals surface area (Å²) in [6.07, 6.45) is 2.07. The highest BCUT2D eigenvalue weighted by Gasteiger charge is 2.43. The number of thiophene rings is 1. The molecule has 1 unspecified atom stereocenters. The minimum absolute atomic E-state index is 0.0376. The maximum absolute atomic E-state index is 12.3. The van der Waals surface area contributed by atoms with Gasteiger partial charge in [0.05, 0.1) is 17.0 Å². The predicted molar refractivity (Wildman–Crippen MR) is 95.9 cm³/mol. The number of rotatable bonds is 6. The summed E-state index contributed by atoms with van der Waals surface area (Å²) in [4.78, 5) is 18.1. The summed E-state index contributed by atoms with van der Waals surface area (Å²) in [5, 5.41) is 12.3. The van der Waals surface area contributed by atoms with Crippen molar-refractivity contribution in [1.82, 2.24) is 15.1 Å². The molecule has 2 fully saturated rings. The van der Waals surface area contributed by atoms with Crippen molar-refractivity contribution in [3.8, 4) is 6.07 Å². The van der Waals surface area contributed by atoms with Gasteiger partial charge >= 0.3 is 0 Å². The van der Waals surface area contributed by atoms with Crippen LogP contribution in [0.1, 0.15) is 24.6 Å². The number of nitrogens with zero attached hydrogens (tertiary/aromatic N) is 3. The van der Waals surface area contributed by atoms with Crippen molar-refractivity contribution >= 4 is 28.8 Å². The van der Waals surface area contributed by atoms with E-state index in [-0.39, 0.29) is 5.91 Å². The predicted octanol–water partition coefficient (Wildman–Crippen LogP) is 2.33. The van der Waals surface area contributed by atoms with E-state index in [1.165, 1.54) is 4.88 Å². The molecular formula is C17H23ClN4OS. The summed E-state index contributed by atoms with van der Waals surface area (Å²) in [5.41, 5.74) is -0.697. The minimum Gasteiger partial charge on any atom is -0.337 e. The third-order valence-corrected chi connectivity index (χ3v) is 6.08. The molecule has 7 heteroatoms. The molecule has 1 aromatic rings. The zero-order valence-corrected chi connectivity index (χ0v) is 15.5. The number of carbonyl (C=O) groups excluding carboxylic acids is 1. The van der Waals surface area contributed by atoms with Gasteiger partial charge < -0.3 is 5.32 Å². The van der Waals surface area contributed by atoms with Gasteiger partial charge in [-0.25, -0.2) is 0 Å². The van der Waals surface area contributed by atoms with Crippen LogP contribution in [-0.4, -0.2) is 54.0 Å². The molecule has 130 valence electrons. The molecule has 1 N–H and O–H groups in total. The van der Waals surface area contributed by atoms with E-state index >= 15 is 0 Å². The standard InChI is InChI=1S/C17H23ClN4OS/c1-17(12-19,13-2-3-13)20-16(23)11-22-8-6-21(7-9-22)10-14-4-5-15(18)24-14/h4-5,13H,2-3,6-11H2,1H3,(H,20,23). The van der Waals surface area contributed by atoms with Crippen LogP contribution in [0.4, 0.5) is 0 Å². The van der Waals surface area contributed by atoms with Gasteiger partial charge in [-0.05, 0) is 37.8 Å². The smallest absolute Gasteiger partial charge is 0.235 e. The number of hydrogen-bond acceptors (Lipinski definition) is 5. The highest BCUT2D eigenvalue weighted by atomic mass is 35.5. The summed E-state index contributed by atoms with van der Waals surface area (Å²) < 4.78 is 0.830.